The van der Waals surface area contributed by atoms with Gasteiger partial charge in [-0.25, -0.2) is 4.98 Å². The van der Waals surface area contributed by atoms with Crippen molar-refractivity contribution in [3.05, 3.63) is 206 Å². The van der Waals surface area contributed by atoms with Crippen LogP contribution in [0.5, 0.6) is 11.5 Å². The van der Waals surface area contributed by atoms with Gasteiger partial charge in [0.2, 0.25) is 6.33 Å². The number of hydrogen-bond donors (Lipinski definition) is 0. The van der Waals surface area contributed by atoms with Gasteiger partial charge in [-0.3, -0.25) is 0 Å². The van der Waals surface area contributed by atoms with Crippen LogP contribution in [0, 0.1) is 18.5 Å². The molecule has 13 rings (SSSR count). The summed E-state index contributed by atoms with van der Waals surface area (Å²) in [6, 6.07) is 68.1. The maximum Gasteiger partial charge on any atom is 0.252 e. The zero-order chi connectivity index (χ0) is 46.8. The average molecular weight is 1050 g/mol. The molecular formula is C59H42BN5OPt-2. The van der Waals surface area contributed by atoms with Crippen molar-refractivity contribution in [1.82, 2.24) is 18.6 Å². The molecule has 0 saturated carbocycles. The monoisotopic (exact) mass is 1050 g/mol. The second-order valence-corrected chi connectivity index (χ2v) is 18.2. The Kier molecular flexibility index (Phi) is 8.77. The van der Waals surface area contributed by atoms with Gasteiger partial charge in [0.1, 0.15) is 5.82 Å². The first kappa shape index (κ1) is 37.7. The molecule has 0 bridgehead atoms. The third kappa shape index (κ3) is 6.36. The molecule has 0 N–H and O–H groups in total. The molecule has 324 valence electrons. The van der Waals surface area contributed by atoms with Crippen LogP contribution in [0.3, 0.4) is 0 Å². The fourth-order valence-electron chi connectivity index (χ4n) is 10.4. The molecule has 1 aliphatic heterocycles. The van der Waals surface area contributed by atoms with Crippen molar-refractivity contribution in [1.29, 1.82) is 0 Å². The second kappa shape index (κ2) is 15.6. The molecule has 0 aliphatic carbocycles. The SMILES string of the molecule is [2H]C([2H])([2H])[n+]1[c-]n2c3c4c(ccc31)c1ccccc1n4B(c1c(-c3ccccc3)cccc1-c1ccccc1)c1ccc(Oc3[c-]c4c(cc3)c3ccccc3n4-c3cc(C(C)(C)C)ccn3)[c-]c1-2.[Pt]. The van der Waals surface area contributed by atoms with E-state index in [1.165, 1.54) is 10.1 Å². The first-order valence-electron chi connectivity index (χ1n) is 23.8. The Hall–Kier alpha value is -7.47. The predicted octanol–water partition coefficient (Wildman–Crippen LogP) is 11.8. The quantitative estimate of drug-likeness (QED) is 0.0946. The normalized spacial score (nSPS) is 13.2. The number of rotatable bonds is 6. The summed E-state index contributed by atoms with van der Waals surface area (Å²) in [5.74, 6) is 1.74. The number of aryl methyl sites for hydroxylation is 1. The van der Waals surface area contributed by atoms with Crippen LogP contribution in [0.1, 0.15) is 30.4 Å². The summed E-state index contributed by atoms with van der Waals surface area (Å²) in [4.78, 5) is 4.88. The van der Waals surface area contributed by atoms with Crippen LogP contribution in [-0.2, 0) is 33.5 Å². The number of pyridine rings is 1. The standard InChI is InChI=1S/C59H42BN5O.Pt/c1-59(2,3)40-32-33-61-55(34-40)64-50-24-13-11-20-45(50)47-28-26-41(35-53(47)64)66-42-27-30-49-54(36-42)63-37-62(4)52-31-29-48-46-21-12-14-25-51(46)65(57(48)58(52)63)60(49)56-43(38-16-7-5-8-17-38)22-15-23-44(56)39-18-9-6-10-19-39;/h5-34H,1-4H3;/q-2;/i4D3;. The molecule has 8 heteroatoms. The van der Waals surface area contributed by atoms with E-state index in [2.05, 4.69) is 188 Å². The number of fused-ring (bicyclic) bond motifs is 8. The van der Waals surface area contributed by atoms with Crippen LogP contribution < -0.4 is 20.2 Å². The number of benzene rings is 8. The van der Waals surface area contributed by atoms with Gasteiger partial charge in [0.25, 0.3) is 6.85 Å². The van der Waals surface area contributed by atoms with Crippen LogP contribution in [0.2, 0.25) is 0 Å². The Morgan fingerprint density at radius 3 is 1.99 bits per heavy atom. The molecule has 12 aromatic rings. The number of imidazole rings is 1. The topological polar surface area (TPSA) is 40.8 Å². The number of aromatic nitrogens is 5. The Morgan fingerprint density at radius 1 is 0.627 bits per heavy atom. The van der Waals surface area contributed by atoms with E-state index < -0.39 is 13.8 Å². The molecule has 6 nitrogen and oxygen atoms in total. The van der Waals surface area contributed by atoms with E-state index in [0.717, 1.165) is 88.1 Å². The molecule has 0 spiro atoms. The summed E-state index contributed by atoms with van der Waals surface area (Å²) in [7, 11) is 0. The van der Waals surface area contributed by atoms with Gasteiger partial charge in [0.05, 0.1) is 22.1 Å². The fraction of sp³-hybridized carbons (Fsp3) is 0.0847. The molecule has 0 atom stereocenters. The first-order chi connectivity index (χ1) is 33.5. The minimum absolute atomic E-state index is 0. The fourth-order valence-corrected chi connectivity index (χ4v) is 10.4. The Labute approximate surface area is 407 Å². The van der Waals surface area contributed by atoms with E-state index in [-0.39, 0.29) is 26.5 Å². The second-order valence-electron chi connectivity index (χ2n) is 18.2. The number of para-hydroxylation sites is 2. The maximum absolute atomic E-state index is 8.75. The van der Waals surface area contributed by atoms with E-state index >= 15 is 0 Å². The van der Waals surface area contributed by atoms with Gasteiger partial charge in [-0.2, -0.15) is 12.1 Å². The summed E-state index contributed by atoms with van der Waals surface area (Å²) in [6.07, 6.45) is 5.22. The molecule has 0 amide bonds. The Bertz CT molecular complexity index is 3980. The molecule has 0 radical (unpaired) electrons. The summed E-state index contributed by atoms with van der Waals surface area (Å²) >= 11 is 0. The number of ether oxygens (including phenoxy) is 1. The van der Waals surface area contributed by atoms with Gasteiger partial charge in [-0.05, 0) is 73.7 Å². The van der Waals surface area contributed by atoms with E-state index in [0.29, 0.717) is 22.7 Å². The molecule has 4 aromatic heterocycles. The number of nitrogens with zero attached hydrogens (tertiary/aromatic N) is 5. The van der Waals surface area contributed by atoms with Gasteiger partial charge in [-0.1, -0.05) is 159 Å². The molecule has 0 unspecified atom stereocenters. The summed E-state index contributed by atoms with van der Waals surface area (Å²) in [6.45, 7) is 3.66. The van der Waals surface area contributed by atoms with Crippen LogP contribution >= 0.6 is 0 Å². The zero-order valence-electron chi connectivity index (χ0n) is 39.9. The van der Waals surface area contributed by atoms with Gasteiger partial charge in [0, 0.05) is 60.7 Å². The van der Waals surface area contributed by atoms with Gasteiger partial charge >= 0.3 is 0 Å². The molecule has 1 aliphatic rings. The van der Waals surface area contributed by atoms with Crippen LogP contribution in [0.4, 0.5) is 0 Å². The zero-order valence-corrected chi connectivity index (χ0v) is 39.1. The maximum atomic E-state index is 8.75. The van der Waals surface area contributed by atoms with Gasteiger partial charge < -0.3 is 22.9 Å². The first-order valence-corrected chi connectivity index (χ1v) is 22.3. The van der Waals surface area contributed by atoms with Gasteiger partial charge in [-0.15, -0.1) is 35.1 Å². The van der Waals surface area contributed by atoms with Crippen molar-refractivity contribution in [2.24, 2.45) is 6.98 Å². The van der Waals surface area contributed by atoms with Crippen molar-refractivity contribution in [2.45, 2.75) is 26.2 Å². The van der Waals surface area contributed by atoms with Crippen molar-refractivity contribution in [2.75, 3.05) is 0 Å². The summed E-state index contributed by atoms with van der Waals surface area (Å²) < 4.78 is 40.9. The Balaban J connectivity index is 0.00000505. The molecule has 0 fully saturated rings. The molecule has 8 aromatic carbocycles. The molecular weight excluding hydrogens is 1000 g/mol. The minimum Gasteiger partial charge on any atom is -0.510 e. The number of hydrogen-bond acceptors (Lipinski definition) is 2. The molecule has 0 saturated heterocycles. The largest absolute Gasteiger partial charge is 0.510 e. The van der Waals surface area contributed by atoms with Crippen molar-refractivity contribution < 1.29 is 34.5 Å². The van der Waals surface area contributed by atoms with Crippen molar-refractivity contribution >= 4 is 72.4 Å². The van der Waals surface area contributed by atoms with E-state index in [1.54, 1.807) is 0 Å². The van der Waals surface area contributed by atoms with E-state index in [4.69, 9.17) is 13.8 Å². The minimum atomic E-state index is -2.52. The van der Waals surface area contributed by atoms with E-state index in [1.807, 2.05) is 47.2 Å². The third-order valence-electron chi connectivity index (χ3n) is 13.4. The summed E-state index contributed by atoms with van der Waals surface area (Å²) in [5, 5.41) is 4.20. The molecule has 5 heterocycles. The predicted molar refractivity (Wildman–Crippen MR) is 269 cm³/mol. The Morgan fingerprint density at radius 2 is 1.27 bits per heavy atom. The third-order valence-corrected chi connectivity index (χ3v) is 13.4. The van der Waals surface area contributed by atoms with Crippen molar-refractivity contribution in [3.8, 4) is 45.3 Å². The van der Waals surface area contributed by atoms with Crippen LogP contribution in [0.25, 0.3) is 88.4 Å². The smallest absolute Gasteiger partial charge is 0.252 e. The molecule has 67 heavy (non-hydrogen) atoms. The van der Waals surface area contributed by atoms with E-state index in [9.17, 15) is 0 Å². The van der Waals surface area contributed by atoms with Crippen LogP contribution in [-0.4, -0.2) is 25.4 Å². The summed E-state index contributed by atoms with van der Waals surface area (Å²) in [5.41, 5.74) is 13.1. The van der Waals surface area contributed by atoms with Gasteiger partial charge in [0.15, 0.2) is 0 Å². The van der Waals surface area contributed by atoms with Crippen LogP contribution in [0.15, 0.2) is 182 Å². The van der Waals surface area contributed by atoms with Crippen molar-refractivity contribution in [3.63, 3.8) is 0 Å². The average Bonchev–Trinajstić information content (AvgIpc) is 4.01.